The van der Waals surface area contributed by atoms with Gasteiger partial charge in [-0.15, -0.1) is 0 Å². The molecule has 1 unspecified atom stereocenters. The second-order valence-corrected chi connectivity index (χ2v) is 7.18. The molecule has 0 aliphatic rings. The highest BCUT2D eigenvalue weighted by Crippen LogP contribution is 2.23. The van der Waals surface area contributed by atoms with E-state index >= 15 is 0 Å². The lowest BCUT2D eigenvalue weighted by molar-refractivity contribution is -0.613. The minimum Gasteiger partial charge on any atom is -0.618 e. The van der Waals surface area contributed by atoms with Gasteiger partial charge in [0.15, 0.2) is 11.4 Å². The number of pyridine rings is 1. The average Bonchev–Trinajstić information content (AvgIpc) is 2.99. The Labute approximate surface area is 146 Å². The van der Waals surface area contributed by atoms with Gasteiger partial charge in [0, 0.05) is 17.2 Å². The van der Waals surface area contributed by atoms with E-state index in [4.69, 9.17) is 16.3 Å². The van der Waals surface area contributed by atoms with Gasteiger partial charge in [-0.1, -0.05) is 11.6 Å². The minimum atomic E-state index is -1.50. The number of hydrogen-bond acceptors (Lipinski definition) is 4. The molecule has 0 fully saturated rings. The first-order chi connectivity index (χ1) is 11.4. The molecule has 3 rings (SSSR count). The normalized spacial score (nSPS) is 12.5. The quantitative estimate of drug-likeness (QED) is 0.569. The zero-order chi connectivity index (χ0) is 17.4. The van der Waals surface area contributed by atoms with Gasteiger partial charge in [-0.25, -0.2) is 4.98 Å². The lowest BCUT2D eigenvalue weighted by atomic mass is 10.2. The molecule has 1 N–H and O–H groups in total. The summed E-state index contributed by atoms with van der Waals surface area (Å²) in [6.07, 6.45) is 1.39. The molecule has 0 radical (unpaired) electrons. The Kier molecular flexibility index (Phi) is 4.47. The number of benzene rings is 1. The van der Waals surface area contributed by atoms with Gasteiger partial charge in [-0.3, -0.25) is 4.21 Å². The van der Waals surface area contributed by atoms with Crippen molar-refractivity contribution in [3.8, 4) is 5.75 Å². The molecule has 0 saturated heterocycles. The van der Waals surface area contributed by atoms with E-state index in [0.717, 1.165) is 10.2 Å². The van der Waals surface area contributed by atoms with Crippen LogP contribution in [0.5, 0.6) is 5.75 Å². The summed E-state index contributed by atoms with van der Waals surface area (Å²) >= 11 is 6.19. The molecule has 0 spiro atoms. The largest absolute Gasteiger partial charge is 0.618 e. The molecule has 0 saturated carbocycles. The second-order valence-electron chi connectivity index (χ2n) is 5.44. The lowest BCUT2D eigenvalue weighted by Gasteiger charge is -2.10. The van der Waals surface area contributed by atoms with Crippen molar-refractivity contribution in [3.05, 3.63) is 51.4 Å². The smallest absolute Gasteiger partial charge is 0.210 e. The topological polar surface area (TPSA) is 81.9 Å². The van der Waals surface area contributed by atoms with Gasteiger partial charge < -0.3 is 14.9 Å². The van der Waals surface area contributed by atoms with Crippen LogP contribution < -0.4 is 9.47 Å². The highest BCUT2D eigenvalue weighted by Gasteiger charge is 2.21. The first kappa shape index (κ1) is 16.7. The maximum atomic E-state index is 12.6. The fourth-order valence-electron chi connectivity index (χ4n) is 2.46. The van der Waals surface area contributed by atoms with Crippen LogP contribution in [-0.4, -0.2) is 21.3 Å². The number of aromatic nitrogens is 3. The van der Waals surface area contributed by atoms with E-state index in [2.05, 4.69) is 9.97 Å². The number of H-pyrrole nitrogens is 1. The fraction of sp³-hybridized carbons (Fsp3) is 0.250. The van der Waals surface area contributed by atoms with Crippen molar-refractivity contribution in [2.24, 2.45) is 0 Å². The van der Waals surface area contributed by atoms with Crippen molar-refractivity contribution in [1.82, 2.24) is 9.97 Å². The van der Waals surface area contributed by atoms with Gasteiger partial charge in [0.05, 0.1) is 34.0 Å². The third kappa shape index (κ3) is 2.97. The maximum absolute atomic E-state index is 12.6. The minimum absolute atomic E-state index is 0.0340. The van der Waals surface area contributed by atoms with Crippen molar-refractivity contribution >= 4 is 33.4 Å². The Bertz CT molecular complexity index is 955. The Morgan fingerprint density at radius 1 is 1.42 bits per heavy atom. The van der Waals surface area contributed by atoms with E-state index in [-0.39, 0.29) is 5.75 Å². The molecule has 24 heavy (non-hydrogen) atoms. The number of halogens is 1. The molecule has 8 heteroatoms. The van der Waals surface area contributed by atoms with E-state index in [0.29, 0.717) is 38.3 Å². The molecule has 6 nitrogen and oxygen atoms in total. The predicted octanol–water partition coefficient (Wildman–Crippen LogP) is 2.78. The third-order valence-corrected chi connectivity index (χ3v) is 5.58. The summed E-state index contributed by atoms with van der Waals surface area (Å²) in [6, 6.07) is 5.35. The fourth-order valence-corrected chi connectivity index (χ4v) is 3.77. The molecule has 0 aliphatic heterocycles. The number of aromatic amines is 1. The van der Waals surface area contributed by atoms with Gasteiger partial charge in [-0.2, -0.15) is 4.73 Å². The van der Waals surface area contributed by atoms with Crippen LogP contribution in [0.2, 0.25) is 5.02 Å². The number of hydrogen-bond donors (Lipinski definition) is 1. The molecular formula is C16H16ClN3O3S. The van der Waals surface area contributed by atoms with E-state index in [1.54, 1.807) is 39.2 Å². The van der Waals surface area contributed by atoms with E-state index in [9.17, 15) is 9.42 Å². The van der Waals surface area contributed by atoms with E-state index in [1.165, 1.54) is 6.20 Å². The molecule has 3 aromatic rings. The Hall–Kier alpha value is -2.12. The number of imidazole rings is 1. The number of aryl methyl sites for hydroxylation is 1. The third-order valence-electron chi connectivity index (χ3n) is 3.84. The van der Waals surface area contributed by atoms with Crippen LogP contribution >= 0.6 is 11.6 Å². The summed E-state index contributed by atoms with van der Waals surface area (Å²) in [5, 5.41) is 12.9. The second kappa shape index (κ2) is 6.41. The molecule has 0 bridgehead atoms. The lowest BCUT2D eigenvalue weighted by Crippen LogP contribution is -2.34. The van der Waals surface area contributed by atoms with Crippen molar-refractivity contribution in [1.29, 1.82) is 0 Å². The molecular weight excluding hydrogens is 350 g/mol. The number of nitrogens with one attached hydrogen (secondary N) is 1. The Balaban J connectivity index is 1.95. The number of methoxy groups -OCH3 is 1. The van der Waals surface area contributed by atoms with Crippen LogP contribution in [0.25, 0.3) is 11.0 Å². The van der Waals surface area contributed by atoms with Crippen LogP contribution in [0, 0.1) is 19.1 Å². The van der Waals surface area contributed by atoms with Crippen LogP contribution in [0.3, 0.4) is 0 Å². The summed E-state index contributed by atoms with van der Waals surface area (Å²) in [6.45, 7) is 3.51. The summed E-state index contributed by atoms with van der Waals surface area (Å²) in [5.74, 6) is 0.716. The predicted molar refractivity (Wildman–Crippen MR) is 92.6 cm³/mol. The molecule has 2 heterocycles. The van der Waals surface area contributed by atoms with Crippen LogP contribution in [0.4, 0.5) is 0 Å². The highest BCUT2D eigenvalue weighted by atomic mass is 35.5. The molecule has 2 aromatic heterocycles. The summed E-state index contributed by atoms with van der Waals surface area (Å²) in [7, 11) is 0.0789. The van der Waals surface area contributed by atoms with Gasteiger partial charge in [0.25, 0.3) is 0 Å². The summed E-state index contributed by atoms with van der Waals surface area (Å²) in [5.41, 5.74) is 3.12. The van der Waals surface area contributed by atoms with Crippen LogP contribution in [-0.2, 0) is 16.6 Å². The van der Waals surface area contributed by atoms with Crippen molar-refractivity contribution in [2.45, 2.75) is 24.8 Å². The van der Waals surface area contributed by atoms with Gasteiger partial charge in [0.1, 0.15) is 11.5 Å². The highest BCUT2D eigenvalue weighted by molar-refractivity contribution is 7.84. The zero-order valence-electron chi connectivity index (χ0n) is 13.4. The van der Waals surface area contributed by atoms with Gasteiger partial charge in [0.2, 0.25) is 5.69 Å². The standard InChI is InChI=1S/C16H16ClN3O3S/c1-9-7-20(21)14(10(2)15(9)17)8-24(22)16-18-12-5-4-11(23-3)6-13(12)19-16/h4-7H,8H2,1-3H3,(H,18,19). The molecule has 1 atom stereocenters. The first-order valence-corrected chi connectivity index (χ1v) is 8.90. The van der Waals surface area contributed by atoms with Crippen molar-refractivity contribution in [3.63, 3.8) is 0 Å². The van der Waals surface area contributed by atoms with Gasteiger partial charge in [-0.05, 0) is 26.0 Å². The Morgan fingerprint density at radius 2 is 2.17 bits per heavy atom. The maximum Gasteiger partial charge on any atom is 0.210 e. The zero-order valence-corrected chi connectivity index (χ0v) is 15.0. The van der Waals surface area contributed by atoms with E-state index in [1.807, 2.05) is 0 Å². The van der Waals surface area contributed by atoms with Crippen LogP contribution in [0.15, 0.2) is 29.6 Å². The Morgan fingerprint density at radius 3 is 2.88 bits per heavy atom. The monoisotopic (exact) mass is 365 g/mol. The van der Waals surface area contributed by atoms with Crippen LogP contribution in [0.1, 0.15) is 16.8 Å². The van der Waals surface area contributed by atoms with Crippen molar-refractivity contribution < 1.29 is 13.7 Å². The van der Waals surface area contributed by atoms with Crippen molar-refractivity contribution in [2.75, 3.05) is 7.11 Å². The van der Waals surface area contributed by atoms with Gasteiger partial charge >= 0.3 is 0 Å². The number of rotatable bonds is 4. The molecule has 0 amide bonds. The molecule has 126 valence electrons. The first-order valence-electron chi connectivity index (χ1n) is 7.20. The molecule has 1 aromatic carbocycles. The number of fused-ring (bicyclic) bond motifs is 1. The summed E-state index contributed by atoms with van der Waals surface area (Å²) in [4.78, 5) is 7.35. The molecule has 0 aliphatic carbocycles. The summed E-state index contributed by atoms with van der Waals surface area (Å²) < 4.78 is 18.5. The SMILES string of the molecule is COc1ccc2nc(S(=O)Cc3c(C)c(Cl)c(C)c[n+]3[O-])[nH]c2c1. The average molecular weight is 366 g/mol. The van der Waals surface area contributed by atoms with E-state index < -0.39 is 10.8 Å². The number of nitrogens with zero attached hydrogens (tertiary/aromatic N) is 2. The number of ether oxygens (including phenoxy) is 1.